The van der Waals surface area contributed by atoms with E-state index in [0.29, 0.717) is 11.3 Å². The van der Waals surface area contributed by atoms with Crippen LogP contribution >= 0.6 is 11.8 Å². The SMILES string of the molecule is Cc1ccc(Sc2cc(N)cc(S(N)(=O)=O)c2C)cc1. The number of hydrogen-bond acceptors (Lipinski definition) is 4. The van der Waals surface area contributed by atoms with Crippen molar-refractivity contribution in [2.24, 2.45) is 5.14 Å². The van der Waals surface area contributed by atoms with Crippen LogP contribution in [0.25, 0.3) is 0 Å². The molecule has 0 aliphatic rings. The van der Waals surface area contributed by atoms with Gasteiger partial charge in [-0.25, -0.2) is 13.6 Å². The van der Waals surface area contributed by atoms with Gasteiger partial charge in [-0.05, 0) is 43.7 Å². The van der Waals surface area contributed by atoms with Crippen molar-refractivity contribution in [1.82, 2.24) is 0 Å². The molecule has 0 atom stereocenters. The van der Waals surface area contributed by atoms with Gasteiger partial charge in [0.2, 0.25) is 10.0 Å². The molecule has 0 radical (unpaired) electrons. The molecule has 0 aliphatic heterocycles. The second kappa shape index (κ2) is 5.47. The number of benzene rings is 2. The summed E-state index contributed by atoms with van der Waals surface area (Å²) in [7, 11) is -3.77. The van der Waals surface area contributed by atoms with Crippen molar-refractivity contribution in [2.75, 3.05) is 5.73 Å². The smallest absolute Gasteiger partial charge is 0.238 e. The predicted molar refractivity (Wildman–Crippen MR) is 82.3 cm³/mol. The van der Waals surface area contributed by atoms with Gasteiger partial charge in [-0.3, -0.25) is 0 Å². The molecule has 0 saturated carbocycles. The number of nitrogens with two attached hydrogens (primary N) is 2. The summed E-state index contributed by atoms with van der Waals surface area (Å²) < 4.78 is 23.1. The lowest BCUT2D eigenvalue weighted by Gasteiger charge is -2.11. The Morgan fingerprint density at radius 2 is 1.65 bits per heavy atom. The third-order valence-corrected chi connectivity index (χ3v) is 5.08. The molecule has 6 heteroatoms. The number of aryl methyl sites for hydroxylation is 1. The molecule has 4 nitrogen and oxygen atoms in total. The minimum Gasteiger partial charge on any atom is -0.399 e. The molecule has 0 unspecified atom stereocenters. The Balaban J connectivity index is 2.47. The molecule has 4 N–H and O–H groups in total. The van der Waals surface area contributed by atoms with Crippen molar-refractivity contribution in [1.29, 1.82) is 0 Å². The van der Waals surface area contributed by atoms with E-state index in [1.54, 1.807) is 13.0 Å². The minimum atomic E-state index is -3.77. The Bertz CT molecular complexity index is 739. The molecule has 2 aromatic carbocycles. The van der Waals surface area contributed by atoms with Crippen LogP contribution in [0.4, 0.5) is 5.69 Å². The van der Waals surface area contributed by atoms with Crippen molar-refractivity contribution in [3.8, 4) is 0 Å². The van der Waals surface area contributed by atoms with Gasteiger partial charge in [-0.1, -0.05) is 29.5 Å². The molecule has 0 heterocycles. The number of rotatable bonds is 3. The van der Waals surface area contributed by atoms with E-state index in [9.17, 15) is 8.42 Å². The van der Waals surface area contributed by atoms with Gasteiger partial charge in [0, 0.05) is 15.5 Å². The Labute approximate surface area is 123 Å². The van der Waals surface area contributed by atoms with Crippen molar-refractivity contribution in [3.63, 3.8) is 0 Å². The zero-order valence-electron chi connectivity index (χ0n) is 11.3. The van der Waals surface area contributed by atoms with E-state index in [0.717, 1.165) is 9.79 Å². The molecule has 0 spiro atoms. The van der Waals surface area contributed by atoms with E-state index >= 15 is 0 Å². The molecule has 0 aliphatic carbocycles. The van der Waals surface area contributed by atoms with Gasteiger partial charge < -0.3 is 5.73 Å². The highest BCUT2D eigenvalue weighted by Crippen LogP contribution is 2.34. The van der Waals surface area contributed by atoms with Crippen molar-refractivity contribution >= 4 is 27.5 Å². The topological polar surface area (TPSA) is 86.2 Å². The number of hydrogen-bond donors (Lipinski definition) is 2. The summed E-state index contributed by atoms with van der Waals surface area (Å²) in [6.07, 6.45) is 0. The van der Waals surface area contributed by atoms with Crippen LogP contribution in [0.15, 0.2) is 51.1 Å². The third-order valence-electron chi connectivity index (χ3n) is 2.89. The van der Waals surface area contributed by atoms with Crippen molar-refractivity contribution in [3.05, 3.63) is 47.5 Å². The summed E-state index contributed by atoms with van der Waals surface area (Å²) in [4.78, 5) is 1.88. The van der Waals surface area contributed by atoms with E-state index in [4.69, 9.17) is 10.9 Å². The Kier molecular flexibility index (Phi) is 4.08. The molecule has 2 aromatic rings. The molecule has 0 saturated heterocycles. The van der Waals surface area contributed by atoms with Crippen LogP contribution in [0.5, 0.6) is 0 Å². The van der Waals surface area contributed by atoms with Gasteiger partial charge in [0.15, 0.2) is 0 Å². The average Bonchev–Trinajstić information content (AvgIpc) is 2.35. The minimum absolute atomic E-state index is 0.0760. The van der Waals surface area contributed by atoms with Crippen LogP contribution in [-0.4, -0.2) is 8.42 Å². The molecule has 0 bridgehead atoms. The van der Waals surface area contributed by atoms with Gasteiger partial charge in [0.1, 0.15) is 0 Å². The maximum atomic E-state index is 11.6. The van der Waals surface area contributed by atoms with Crippen LogP contribution in [0, 0.1) is 13.8 Å². The average molecular weight is 308 g/mol. The maximum absolute atomic E-state index is 11.6. The molecule has 0 amide bonds. The summed E-state index contributed by atoms with van der Waals surface area (Å²) >= 11 is 1.47. The highest BCUT2D eigenvalue weighted by Gasteiger charge is 2.16. The monoisotopic (exact) mass is 308 g/mol. The molecule has 2 rings (SSSR count). The Hall–Kier alpha value is -1.50. The molecule has 20 heavy (non-hydrogen) atoms. The highest BCUT2D eigenvalue weighted by molar-refractivity contribution is 7.99. The number of sulfonamides is 1. The largest absolute Gasteiger partial charge is 0.399 e. The number of nitrogen functional groups attached to an aromatic ring is 1. The lowest BCUT2D eigenvalue weighted by Crippen LogP contribution is -2.14. The maximum Gasteiger partial charge on any atom is 0.238 e. The fraction of sp³-hybridized carbons (Fsp3) is 0.143. The van der Waals surface area contributed by atoms with Crippen LogP contribution in [0.1, 0.15) is 11.1 Å². The molecule has 0 fully saturated rings. The Morgan fingerprint density at radius 1 is 1.05 bits per heavy atom. The van der Waals surface area contributed by atoms with E-state index in [1.165, 1.54) is 23.4 Å². The van der Waals surface area contributed by atoms with Crippen LogP contribution in [0.3, 0.4) is 0 Å². The van der Waals surface area contributed by atoms with Gasteiger partial charge in [0.25, 0.3) is 0 Å². The van der Waals surface area contributed by atoms with Crippen molar-refractivity contribution < 1.29 is 8.42 Å². The Morgan fingerprint density at radius 3 is 2.20 bits per heavy atom. The summed E-state index contributed by atoms with van der Waals surface area (Å²) in [5.41, 5.74) is 7.94. The second-order valence-corrected chi connectivity index (χ2v) is 7.25. The van der Waals surface area contributed by atoms with Gasteiger partial charge >= 0.3 is 0 Å². The third kappa shape index (κ3) is 3.33. The van der Waals surface area contributed by atoms with E-state index < -0.39 is 10.0 Å². The van der Waals surface area contributed by atoms with Gasteiger partial charge in [0.05, 0.1) is 4.90 Å². The first kappa shape index (κ1) is 14.9. The zero-order chi connectivity index (χ0) is 14.9. The second-order valence-electron chi connectivity index (χ2n) is 4.60. The first-order chi connectivity index (χ1) is 9.27. The zero-order valence-corrected chi connectivity index (χ0v) is 12.9. The van der Waals surface area contributed by atoms with E-state index in [-0.39, 0.29) is 4.90 Å². The first-order valence-electron chi connectivity index (χ1n) is 5.95. The quantitative estimate of drug-likeness (QED) is 0.854. The van der Waals surface area contributed by atoms with Gasteiger partial charge in [-0.15, -0.1) is 0 Å². The van der Waals surface area contributed by atoms with E-state index in [1.807, 2.05) is 31.2 Å². The number of anilines is 1. The first-order valence-corrected chi connectivity index (χ1v) is 8.31. The summed E-state index contributed by atoms with van der Waals surface area (Å²) in [5, 5.41) is 5.22. The molecular formula is C14H16N2O2S2. The summed E-state index contributed by atoms with van der Waals surface area (Å²) in [6, 6.07) is 11.1. The molecule has 106 valence electrons. The molecule has 0 aromatic heterocycles. The van der Waals surface area contributed by atoms with E-state index in [2.05, 4.69) is 0 Å². The van der Waals surface area contributed by atoms with Gasteiger partial charge in [-0.2, -0.15) is 0 Å². The standard InChI is InChI=1S/C14H16N2O2S2/c1-9-3-5-12(6-4-9)19-13-7-11(15)8-14(10(13)2)20(16,17)18/h3-8H,15H2,1-2H3,(H2,16,17,18). The van der Waals surface area contributed by atoms with Crippen LogP contribution in [0.2, 0.25) is 0 Å². The summed E-state index contributed by atoms with van der Waals surface area (Å²) in [5.74, 6) is 0. The summed E-state index contributed by atoms with van der Waals surface area (Å²) in [6.45, 7) is 3.75. The van der Waals surface area contributed by atoms with Crippen molar-refractivity contribution in [2.45, 2.75) is 28.5 Å². The fourth-order valence-corrected chi connectivity index (χ4v) is 3.70. The lowest BCUT2D eigenvalue weighted by atomic mass is 10.2. The van der Waals surface area contributed by atoms with Crippen LogP contribution in [-0.2, 0) is 10.0 Å². The normalized spacial score (nSPS) is 11.6. The predicted octanol–water partition coefficient (Wildman–Crippen LogP) is 2.68. The highest BCUT2D eigenvalue weighted by atomic mass is 32.2. The lowest BCUT2D eigenvalue weighted by molar-refractivity contribution is 0.597. The molecular weight excluding hydrogens is 292 g/mol. The fourth-order valence-electron chi connectivity index (χ4n) is 1.82. The van der Waals surface area contributed by atoms with Crippen LogP contribution < -0.4 is 10.9 Å². The number of primary sulfonamides is 1.